The third-order valence-electron chi connectivity index (χ3n) is 2.47. The van der Waals surface area contributed by atoms with Crippen LogP contribution in [0.4, 0.5) is 20.3 Å². The minimum absolute atomic E-state index is 0.111. The highest BCUT2D eigenvalue weighted by Crippen LogP contribution is 2.26. The molecular formula is C10H18F2N4O. The summed E-state index contributed by atoms with van der Waals surface area (Å²) in [5, 5.41) is 13.1. The van der Waals surface area contributed by atoms with Crippen molar-refractivity contribution in [3.8, 4) is 0 Å². The molecule has 0 unspecified atom stereocenters. The smallest absolute Gasteiger partial charge is 0.255 e. The Bertz CT molecular complexity index is 367. The molecule has 0 saturated heterocycles. The minimum atomic E-state index is -2.48. The Morgan fingerprint density at radius 2 is 2.18 bits per heavy atom. The van der Waals surface area contributed by atoms with Gasteiger partial charge in [-0.25, -0.2) is 13.5 Å². The van der Waals surface area contributed by atoms with E-state index in [9.17, 15) is 8.78 Å². The molecule has 7 heteroatoms. The maximum absolute atomic E-state index is 12.5. The fourth-order valence-electron chi connectivity index (χ4n) is 1.71. The highest BCUT2D eigenvalue weighted by molar-refractivity contribution is 5.66. The predicted octanol–water partition coefficient (Wildman–Crippen LogP) is 0.857. The molecule has 0 aliphatic carbocycles. The Morgan fingerprint density at radius 1 is 1.53 bits per heavy atom. The van der Waals surface area contributed by atoms with Gasteiger partial charge in [-0.15, -0.1) is 0 Å². The maximum atomic E-state index is 12.5. The second kappa shape index (κ2) is 5.81. The molecule has 98 valence electrons. The highest BCUT2D eigenvalue weighted by atomic mass is 19.3. The molecular weight excluding hydrogens is 230 g/mol. The molecule has 5 nitrogen and oxygen atoms in total. The fraction of sp³-hybridized carbons (Fsp3) is 0.700. The third kappa shape index (κ3) is 3.06. The van der Waals surface area contributed by atoms with Crippen molar-refractivity contribution in [3.63, 3.8) is 0 Å². The number of aliphatic hydroxyl groups excluding tert-OH is 1. The van der Waals surface area contributed by atoms with Crippen molar-refractivity contribution in [2.24, 2.45) is 0 Å². The maximum Gasteiger partial charge on any atom is 0.255 e. The van der Waals surface area contributed by atoms with Gasteiger partial charge in [0, 0.05) is 13.1 Å². The number of rotatable bonds is 6. The quantitative estimate of drug-likeness (QED) is 0.783. The number of aliphatic hydroxyl groups is 1. The molecule has 1 rings (SSSR count). The van der Waals surface area contributed by atoms with Crippen molar-refractivity contribution in [3.05, 3.63) is 5.69 Å². The summed E-state index contributed by atoms with van der Waals surface area (Å²) in [7, 11) is 0. The van der Waals surface area contributed by atoms with E-state index in [1.165, 1.54) is 4.90 Å². The standard InChI is InChI=1S/C10H18F2N4O/c1-3-16-10(9(13)7(2)14-16)15(4-5-17)6-8(11)12/h8,17H,3-6,13H2,1-2H3. The summed E-state index contributed by atoms with van der Waals surface area (Å²) in [6.07, 6.45) is -2.48. The molecule has 0 bridgehead atoms. The van der Waals surface area contributed by atoms with Gasteiger partial charge < -0.3 is 15.7 Å². The monoisotopic (exact) mass is 248 g/mol. The lowest BCUT2D eigenvalue weighted by atomic mass is 10.3. The first kappa shape index (κ1) is 13.7. The van der Waals surface area contributed by atoms with E-state index in [2.05, 4.69) is 5.10 Å². The molecule has 17 heavy (non-hydrogen) atoms. The molecule has 0 saturated carbocycles. The molecule has 0 atom stereocenters. The number of aromatic nitrogens is 2. The topological polar surface area (TPSA) is 67.3 Å². The Balaban J connectivity index is 3.07. The van der Waals surface area contributed by atoms with Gasteiger partial charge >= 0.3 is 0 Å². The van der Waals surface area contributed by atoms with Crippen LogP contribution >= 0.6 is 0 Å². The van der Waals surface area contributed by atoms with Crippen LogP contribution in [0.2, 0.25) is 0 Å². The van der Waals surface area contributed by atoms with Crippen LogP contribution in [0.15, 0.2) is 0 Å². The number of hydrogen-bond donors (Lipinski definition) is 2. The number of nitrogens with two attached hydrogens (primary N) is 1. The van der Waals surface area contributed by atoms with Gasteiger partial charge in [-0.1, -0.05) is 0 Å². The summed E-state index contributed by atoms with van der Waals surface area (Å²) >= 11 is 0. The van der Waals surface area contributed by atoms with Crippen LogP contribution in [0.5, 0.6) is 0 Å². The molecule has 0 aliphatic rings. The summed E-state index contributed by atoms with van der Waals surface area (Å²) in [6.45, 7) is 3.56. The molecule has 1 aromatic rings. The Morgan fingerprint density at radius 3 is 2.65 bits per heavy atom. The molecule has 1 heterocycles. The highest BCUT2D eigenvalue weighted by Gasteiger charge is 2.20. The molecule has 3 N–H and O–H groups in total. The van der Waals surface area contributed by atoms with Crippen LogP contribution in [-0.2, 0) is 6.54 Å². The second-order valence-electron chi connectivity index (χ2n) is 3.70. The van der Waals surface area contributed by atoms with Crippen molar-refractivity contribution >= 4 is 11.5 Å². The molecule has 0 radical (unpaired) electrons. The minimum Gasteiger partial charge on any atom is -0.395 e. The number of hydrogen-bond acceptors (Lipinski definition) is 4. The van der Waals surface area contributed by atoms with Crippen LogP contribution < -0.4 is 10.6 Å². The largest absolute Gasteiger partial charge is 0.395 e. The summed E-state index contributed by atoms with van der Waals surface area (Å²) in [6, 6.07) is 0. The van der Waals surface area contributed by atoms with E-state index in [4.69, 9.17) is 10.8 Å². The second-order valence-corrected chi connectivity index (χ2v) is 3.70. The van der Waals surface area contributed by atoms with Gasteiger partial charge in [0.1, 0.15) is 0 Å². The molecule has 1 aromatic heterocycles. The molecule has 0 fully saturated rings. The number of alkyl halides is 2. The first-order valence-electron chi connectivity index (χ1n) is 5.48. The molecule has 0 spiro atoms. The van der Waals surface area contributed by atoms with Crippen LogP contribution in [0.3, 0.4) is 0 Å². The number of aryl methyl sites for hydroxylation is 2. The summed E-state index contributed by atoms with van der Waals surface area (Å²) in [5.74, 6) is 0.458. The van der Waals surface area contributed by atoms with E-state index in [0.29, 0.717) is 23.7 Å². The third-order valence-corrected chi connectivity index (χ3v) is 2.47. The number of nitrogens with zero attached hydrogens (tertiary/aromatic N) is 3. The van der Waals surface area contributed by atoms with Crippen molar-refractivity contribution in [1.29, 1.82) is 0 Å². The van der Waals surface area contributed by atoms with Crippen LogP contribution in [0, 0.1) is 6.92 Å². The van der Waals surface area contributed by atoms with E-state index in [1.54, 1.807) is 11.6 Å². The lowest BCUT2D eigenvalue weighted by molar-refractivity contribution is 0.152. The zero-order valence-electron chi connectivity index (χ0n) is 10.0. The summed E-state index contributed by atoms with van der Waals surface area (Å²) in [5.41, 5.74) is 6.83. The number of nitrogen functional groups attached to an aromatic ring is 1. The molecule has 0 aliphatic heterocycles. The van der Waals surface area contributed by atoms with E-state index >= 15 is 0 Å². The van der Waals surface area contributed by atoms with E-state index in [-0.39, 0.29) is 13.2 Å². The average molecular weight is 248 g/mol. The van der Waals surface area contributed by atoms with Gasteiger partial charge in [-0.3, -0.25) is 0 Å². The Kier molecular flexibility index (Phi) is 4.68. The van der Waals surface area contributed by atoms with Gasteiger partial charge in [0.15, 0.2) is 5.82 Å². The van der Waals surface area contributed by atoms with Crippen molar-refractivity contribution in [2.45, 2.75) is 26.8 Å². The van der Waals surface area contributed by atoms with E-state index in [1.807, 2.05) is 6.92 Å². The predicted molar refractivity (Wildman–Crippen MR) is 62.4 cm³/mol. The van der Waals surface area contributed by atoms with Crippen LogP contribution in [-0.4, -0.2) is 41.0 Å². The van der Waals surface area contributed by atoms with Crippen molar-refractivity contribution in [1.82, 2.24) is 9.78 Å². The van der Waals surface area contributed by atoms with Gasteiger partial charge in [0.05, 0.1) is 24.5 Å². The van der Waals surface area contributed by atoms with E-state index in [0.717, 1.165) is 0 Å². The Labute approximate surface area is 98.8 Å². The van der Waals surface area contributed by atoms with Crippen LogP contribution in [0.25, 0.3) is 0 Å². The lowest BCUT2D eigenvalue weighted by Gasteiger charge is -2.24. The number of halogens is 2. The van der Waals surface area contributed by atoms with Gasteiger partial charge in [-0.2, -0.15) is 5.10 Å². The summed E-state index contributed by atoms with van der Waals surface area (Å²) in [4.78, 5) is 1.36. The van der Waals surface area contributed by atoms with Gasteiger partial charge in [-0.05, 0) is 13.8 Å². The molecule has 0 aromatic carbocycles. The van der Waals surface area contributed by atoms with E-state index < -0.39 is 13.0 Å². The lowest BCUT2D eigenvalue weighted by Crippen LogP contribution is -2.33. The van der Waals surface area contributed by atoms with Gasteiger partial charge in [0.25, 0.3) is 6.43 Å². The zero-order chi connectivity index (χ0) is 13.0. The zero-order valence-corrected chi connectivity index (χ0v) is 10.0. The number of anilines is 2. The van der Waals surface area contributed by atoms with Crippen molar-refractivity contribution < 1.29 is 13.9 Å². The summed E-state index contributed by atoms with van der Waals surface area (Å²) < 4.78 is 26.5. The fourth-order valence-corrected chi connectivity index (χ4v) is 1.71. The first-order valence-corrected chi connectivity index (χ1v) is 5.48. The van der Waals surface area contributed by atoms with Crippen molar-refractivity contribution in [2.75, 3.05) is 30.3 Å². The van der Waals surface area contributed by atoms with Gasteiger partial charge in [0.2, 0.25) is 0 Å². The Hall–Kier alpha value is -1.37. The molecule has 0 amide bonds. The normalized spacial score (nSPS) is 11.2. The first-order chi connectivity index (χ1) is 8.01. The SMILES string of the molecule is CCn1nc(C)c(N)c1N(CCO)CC(F)F. The van der Waals surface area contributed by atoms with Crippen LogP contribution in [0.1, 0.15) is 12.6 Å². The average Bonchev–Trinajstić information content (AvgIpc) is 2.54.